The van der Waals surface area contributed by atoms with Gasteiger partial charge in [-0.15, -0.1) is 0 Å². The quantitative estimate of drug-likeness (QED) is 0.0810. The number of anilines is 4. The molecule has 6 aromatic heterocycles. The summed E-state index contributed by atoms with van der Waals surface area (Å²) in [5, 5.41) is 3.05. The number of aryl methyl sites for hydroxylation is 1. The first-order valence-electron chi connectivity index (χ1n) is 29.9. The SMILES string of the molecule is CCc1ccc(CN2CCC(c3cc(=O)[nH]c(N4CCCC4)n3)CC2)cn1.CNc1ccc(CN2CCC(c3cc(=O)[nH]c(N4CCCC4)n3)CC2)cn1.COc1ccc(CN2CCC(c3cc(=O)[nH]c(N4CCCC4)n3)CC2)cn1. The number of likely N-dealkylation sites (tertiary alicyclic amines) is 3. The van der Waals surface area contributed by atoms with E-state index in [1.54, 1.807) is 25.3 Å². The van der Waals surface area contributed by atoms with Crippen LogP contribution in [-0.2, 0) is 26.1 Å². The summed E-state index contributed by atoms with van der Waals surface area (Å²) in [4.78, 5) is 86.7. The fraction of sp³-hybridized carbons (Fsp3) is 0.557. The molecule has 12 rings (SSSR count). The molecule has 81 heavy (non-hydrogen) atoms. The Morgan fingerprint density at radius 2 is 0.840 bits per heavy atom. The standard InChI is InChI=1S/C21H29N5O.C20H28N6O.C20H27N5O2/c1-2-18-6-5-16(14-22-18)15-25-11-7-17(8-12-25)19-13-20(27)24-21(23-19)26-9-3-4-10-26;1-21-18-5-4-15(13-22-18)14-25-10-6-16(7-11-25)17-12-19(27)24-20(23-17)26-8-2-3-9-26;1-27-19-5-4-15(13-21-19)14-24-10-6-16(7-11-24)17-12-18(26)23-20(22-17)25-8-2-3-9-25/h5-6,13-14,17H,2-4,7-12,15H2,1H3,(H,23,24,27);4-5,12-13,16H,2-3,6-11,14H2,1H3,(H,21,22)(H,23,24,27);4-5,12-13,16H,2-3,6-11,14H2,1H3,(H,22,23,26). The molecule has 6 aromatic rings. The normalized spacial score (nSPS) is 18.8. The molecule has 4 N–H and O–H groups in total. The van der Waals surface area contributed by atoms with Crippen molar-refractivity contribution in [1.29, 1.82) is 0 Å². The molecule has 0 radical (unpaired) electrons. The summed E-state index contributed by atoms with van der Waals surface area (Å²) >= 11 is 0. The van der Waals surface area contributed by atoms with Gasteiger partial charge in [0.1, 0.15) is 5.82 Å². The van der Waals surface area contributed by atoms with E-state index in [0.29, 0.717) is 23.6 Å². The van der Waals surface area contributed by atoms with Gasteiger partial charge < -0.3 is 24.8 Å². The van der Waals surface area contributed by atoms with Gasteiger partial charge >= 0.3 is 0 Å². The Labute approximate surface area is 476 Å². The highest BCUT2D eigenvalue weighted by Crippen LogP contribution is 2.31. The summed E-state index contributed by atoms with van der Waals surface area (Å²) in [6.07, 6.45) is 20.1. The van der Waals surface area contributed by atoms with Crippen molar-refractivity contribution in [3.8, 4) is 5.88 Å². The number of pyridine rings is 3. The van der Waals surface area contributed by atoms with Crippen molar-refractivity contribution < 1.29 is 4.74 Å². The molecule has 0 aliphatic carbocycles. The van der Waals surface area contributed by atoms with E-state index in [4.69, 9.17) is 19.7 Å². The minimum Gasteiger partial charge on any atom is -0.481 e. The molecule has 0 bridgehead atoms. The summed E-state index contributed by atoms with van der Waals surface area (Å²) in [6, 6.07) is 17.5. The molecular formula is C61H84N16O4. The van der Waals surface area contributed by atoms with Gasteiger partial charge in [-0.05, 0) is 152 Å². The molecule has 20 nitrogen and oxygen atoms in total. The number of aromatic amines is 3. The van der Waals surface area contributed by atoms with Gasteiger partial charge in [0.2, 0.25) is 23.7 Å². The largest absolute Gasteiger partial charge is 0.481 e. The van der Waals surface area contributed by atoms with Crippen LogP contribution in [0.2, 0.25) is 0 Å². The monoisotopic (exact) mass is 1100 g/mol. The molecular weight excluding hydrogens is 1020 g/mol. The average molecular weight is 1110 g/mol. The number of ether oxygens (including phenoxy) is 1. The predicted molar refractivity (Wildman–Crippen MR) is 319 cm³/mol. The smallest absolute Gasteiger partial charge is 0.252 e. The molecule has 0 amide bonds. The molecule has 6 aliphatic rings. The van der Waals surface area contributed by atoms with Gasteiger partial charge in [-0.1, -0.05) is 25.1 Å². The third kappa shape index (κ3) is 15.9. The van der Waals surface area contributed by atoms with E-state index in [1.165, 1.54) is 55.2 Å². The second-order valence-electron chi connectivity index (χ2n) is 22.7. The van der Waals surface area contributed by atoms with Crippen LogP contribution in [0, 0.1) is 0 Å². The molecule has 6 saturated heterocycles. The number of nitrogens with one attached hydrogen (secondary N) is 4. The van der Waals surface area contributed by atoms with Crippen molar-refractivity contribution in [3.05, 3.63) is 144 Å². The van der Waals surface area contributed by atoms with Crippen molar-refractivity contribution in [2.24, 2.45) is 0 Å². The first-order valence-corrected chi connectivity index (χ1v) is 29.9. The first kappa shape index (κ1) is 57.2. The number of H-pyrrole nitrogens is 3. The van der Waals surface area contributed by atoms with Gasteiger partial charge in [-0.25, -0.2) is 24.9 Å². The van der Waals surface area contributed by atoms with Crippen LogP contribution < -0.4 is 41.4 Å². The lowest BCUT2D eigenvalue weighted by Gasteiger charge is -2.32. The Bertz CT molecular complexity index is 2740. The Hall–Kier alpha value is -7.03. The summed E-state index contributed by atoms with van der Waals surface area (Å²) < 4.78 is 5.12. The summed E-state index contributed by atoms with van der Waals surface area (Å²) in [6.45, 7) is 17.0. The Kier molecular flexibility index (Phi) is 19.9. The number of nitrogens with zero attached hydrogens (tertiary/aromatic N) is 12. The third-order valence-corrected chi connectivity index (χ3v) is 17.0. The van der Waals surface area contributed by atoms with Gasteiger partial charge in [0, 0.05) is 132 Å². The molecule has 0 spiro atoms. The van der Waals surface area contributed by atoms with Crippen LogP contribution in [0.3, 0.4) is 0 Å². The number of methoxy groups -OCH3 is 1. The molecule has 432 valence electrons. The highest BCUT2D eigenvalue weighted by atomic mass is 16.5. The third-order valence-electron chi connectivity index (χ3n) is 17.0. The minimum atomic E-state index is -0.0337. The highest BCUT2D eigenvalue weighted by molar-refractivity contribution is 5.36. The van der Waals surface area contributed by atoms with Crippen LogP contribution >= 0.6 is 0 Å². The number of hydrogen-bond acceptors (Lipinski definition) is 17. The number of aromatic nitrogens is 9. The van der Waals surface area contributed by atoms with E-state index in [0.717, 1.165) is 190 Å². The molecule has 0 atom stereocenters. The molecule has 0 saturated carbocycles. The van der Waals surface area contributed by atoms with Crippen LogP contribution in [-0.4, -0.2) is 152 Å². The topological polar surface area (TPSA) is 217 Å². The van der Waals surface area contributed by atoms with Crippen LogP contribution in [0.5, 0.6) is 5.88 Å². The Morgan fingerprint density at radius 3 is 1.14 bits per heavy atom. The summed E-state index contributed by atoms with van der Waals surface area (Å²) in [5.74, 6) is 4.92. The predicted octanol–water partition coefficient (Wildman–Crippen LogP) is 7.05. The molecule has 6 fully saturated rings. The van der Waals surface area contributed by atoms with Crippen LogP contribution in [0.1, 0.15) is 141 Å². The zero-order valence-electron chi connectivity index (χ0n) is 48.0. The number of piperidine rings is 3. The van der Waals surface area contributed by atoms with Crippen molar-refractivity contribution in [2.75, 3.05) is 113 Å². The van der Waals surface area contributed by atoms with Gasteiger partial charge in [-0.2, -0.15) is 0 Å². The van der Waals surface area contributed by atoms with E-state index in [9.17, 15) is 14.4 Å². The van der Waals surface area contributed by atoms with E-state index >= 15 is 0 Å². The van der Waals surface area contributed by atoms with Gasteiger partial charge in [0.25, 0.3) is 16.7 Å². The molecule has 12 heterocycles. The second kappa shape index (κ2) is 28.1. The molecule has 0 aromatic carbocycles. The van der Waals surface area contributed by atoms with Crippen LogP contribution in [0.4, 0.5) is 23.7 Å². The number of hydrogen-bond donors (Lipinski definition) is 4. The van der Waals surface area contributed by atoms with E-state index in [-0.39, 0.29) is 16.7 Å². The molecule has 0 unspecified atom stereocenters. The number of rotatable bonds is 15. The zero-order chi connectivity index (χ0) is 55.9. The Balaban J connectivity index is 0.000000136. The zero-order valence-corrected chi connectivity index (χ0v) is 48.0. The minimum absolute atomic E-state index is 0.0218. The lowest BCUT2D eigenvalue weighted by molar-refractivity contribution is 0.203. The lowest BCUT2D eigenvalue weighted by atomic mass is 9.93. The van der Waals surface area contributed by atoms with Crippen LogP contribution in [0.15, 0.2) is 87.6 Å². The fourth-order valence-corrected chi connectivity index (χ4v) is 12.2. The van der Waals surface area contributed by atoms with E-state index in [1.807, 2.05) is 37.8 Å². The maximum atomic E-state index is 12.1. The maximum Gasteiger partial charge on any atom is 0.252 e. The second-order valence-corrected chi connectivity index (χ2v) is 22.7. The summed E-state index contributed by atoms with van der Waals surface area (Å²) in [7, 11) is 3.51. The summed E-state index contributed by atoms with van der Waals surface area (Å²) in [5.41, 5.74) is 7.64. The highest BCUT2D eigenvalue weighted by Gasteiger charge is 2.28. The van der Waals surface area contributed by atoms with Crippen LogP contribution in [0.25, 0.3) is 0 Å². The van der Waals surface area contributed by atoms with Crippen molar-refractivity contribution in [2.45, 2.75) is 128 Å². The van der Waals surface area contributed by atoms with Gasteiger partial charge in [0.15, 0.2) is 0 Å². The lowest BCUT2D eigenvalue weighted by Crippen LogP contribution is -2.33. The first-order chi connectivity index (χ1) is 39.6. The van der Waals surface area contributed by atoms with Gasteiger partial charge in [-0.3, -0.25) is 49.0 Å². The molecule has 6 aliphatic heterocycles. The maximum absolute atomic E-state index is 12.1. The van der Waals surface area contributed by atoms with E-state index < -0.39 is 0 Å². The van der Waals surface area contributed by atoms with Crippen molar-refractivity contribution in [3.63, 3.8) is 0 Å². The fourth-order valence-electron chi connectivity index (χ4n) is 12.2. The Morgan fingerprint density at radius 1 is 0.481 bits per heavy atom. The average Bonchev–Trinajstić information content (AvgIpc) is 4.37. The van der Waals surface area contributed by atoms with Gasteiger partial charge in [0.05, 0.1) is 24.2 Å². The van der Waals surface area contributed by atoms with E-state index in [2.05, 4.69) is 95.8 Å². The molecule has 20 heteroatoms. The van der Waals surface area contributed by atoms with Crippen molar-refractivity contribution in [1.82, 2.24) is 59.6 Å². The van der Waals surface area contributed by atoms with Crippen molar-refractivity contribution >= 4 is 23.7 Å².